The smallest absolute Gasteiger partial charge is 0.191 e. The molecule has 1 aromatic carbocycles. The number of rotatable bonds is 9. The second kappa shape index (κ2) is 10.4. The molecule has 0 amide bonds. The standard InChI is InChI=1S/C19H28N4O2/c1-4-16-13-18(25-23-16)14-22-19(20-2)21-12-6-5-7-15-8-10-17(24-3)11-9-15/h8-11,13H,4-7,12,14H2,1-3H3,(H2,20,21,22). The van der Waals surface area contributed by atoms with Crippen LogP contribution in [-0.4, -0.2) is 31.8 Å². The first-order valence-corrected chi connectivity index (χ1v) is 8.77. The predicted octanol–water partition coefficient (Wildman–Crippen LogP) is 2.93. The number of aliphatic imine (C=N–C) groups is 1. The van der Waals surface area contributed by atoms with Gasteiger partial charge in [0.05, 0.1) is 19.3 Å². The number of guanidine groups is 1. The monoisotopic (exact) mass is 344 g/mol. The molecule has 1 aromatic heterocycles. The highest BCUT2D eigenvalue weighted by Crippen LogP contribution is 2.13. The first-order valence-electron chi connectivity index (χ1n) is 8.77. The fourth-order valence-corrected chi connectivity index (χ4v) is 2.45. The SMILES string of the molecule is CCc1cc(CNC(=NC)NCCCCc2ccc(OC)cc2)on1. The Kier molecular flexibility index (Phi) is 7.82. The van der Waals surface area contributed by atoms with Crippen molar-refractivity contribution in [2.75, 3.05) is 20.7 Å². The molecule has 0 fully saturated rings. The number of aromatic nitrogens is 1. The van der Waals surface area contributed by atoms with Crippen molar-refractivity contribution >= 4 is 5.96 Å². The van der Waals surface area contributed by atoms with E-state index in [1.165, 1.54) is 5.56 Å². The average Bonchev–Trinajstić information content (AvgIpc) is 3.12. The number of unbranched alkanes of at least 4 members (excludes halogenated alkanes) is 1. The summed E-state index contributed by atoms with van der Waals surface area (Å²) in [6, 6.07) is 10.2. The molecule has 2 N–H and O–H groups in total. The molecule has 6 nitrogen and oxygen atoms in total. The van der Waals surface area contributed by atoms with Crippen molar-refractivity contribution in [1.29, 1.82) is 0 Å². The number of hydrogen-bond donors (Lipinski definition) is 2. The fourth-order valence-electron chi connectivity index (χ4n) is 2.45. The Bertz CT molecular complexity index is 650. The lowest BCUT2D eigenvalue weighted by Gasteiger charge is -2.10. The van der Waals surface area contributed by atoms with Crippen LogP contribution < -0.4 is 15.4 Å². The van der Waals surface area contributed by atoms with Gasteiger partial charge in [-0.15, -0.1) is 0 Å². The van der Waals surface area contributed by atoms with Crippen LogP contribution in [0.25, 0.3) is 0 Å². The van der Waals surface area contributed by atoms with Crippen molar-refractivity contribution in [2.45, 2.75) is 39.2 Å². The Morgan fingerprint density at radius 3 is 2.64 bits per heavy atom. The van der Waals surface area contributed by atoms with Crippen molar-refractivity contribution in [3.8, 4) is 5.75 Å². The maximum absolute atomic E-state index is 5.25. The molecule has 0 aliphatic carbocycles. The van der Waals surface area contributed by atoms with Crippen molar-refractivity contribution in [2.24, 2.45) is 4.99 Å². The maximum Gasteiger partial charge on any atom is 0.191 e. The molecule has 0 unspecified atom stereocenters. The zero-order chi connectivity index (χ0) is 17.9. The molecule has 0 aliphatic rings. The van der Waals surface area contributed by atoms with Gasteiger partial charge in [0, 0.05) is 19.7 Å². The minimum Gasteiger partial charge on any atom is -0.497 e. The molecule has 0 spiro atoms. The lowest BCUT2D eigenvalue weighted by Crippen LogP contribution is -2.37. The zero-order valence-corrected chi connectivity index (χ0v) is 15.3. The third-order valence-electron chi connectivity index (χ3n) is 3.97. The van der Waals surface area contributed by atoms with E-state index in [0.29, 0.717) is 6.54 Å². The van der Waals surface area contributed by atoms with Gasteiger partial charge in [-0.25, -0.2) is 0 Å². The van der Waals surface area contributed by atoms with Gasteiger partial charge < -0.3 is 19.9 Å². The average molecular weight is 344 g/mol. The van der Waals surface area contributed by atoms with Gasteiger partial charge in [0.25, 0.3) is 0 Å². The molecule has 1 heterocycles. The molecule has 6 heteroatoms. The molecule has 0 aliphatic heterocycles. The Morgan fingerprint density at radius 2 is 2.00 bits per heavy atom. The number of ether oxygens (including phenoxy) is 1. The van der Waals surface area contributed by atoms with Crippen molar-refractivity contribution in [3.05, 3.63) is 47.3 Å². The maximum atomic E-state index is 5.25. The van der Waals surface area contributed by atoms with Crippen LogP contribution in [0.4, 0.5) is 0 Å². The zero-order valence-electron chi connectivity index (χ0n) is 15.3. The summed E-state index contributed by atoms with van der Waals surface area (Å²) >= 11 is 0. The highest BCUT2D eigenvalue weighted by atomic mass is 16.5. The van der Waals surface area contributed by atoms with Crippen molar-refractivity contribution < 1.29 is 9.26 Å². The Hall–Kier alpha value is -2.50. The molecule has 25 heavy (non-hydrogen) atoms. The molecule has 0 bridgehead atoms. The van der Waals surface area contributed by atoms with Gasteiger partial charge >= 0.3 is 0 Å². The summed E-state index contributed by atoms with van der Waals surface area (Å²) in [5.41, 5.74) is 2.30. The third kappa shape index (κ3) is 6.49. The van der Waals surface area contributed by atoms with E-state index in [1.54, 1.807) is 14.2 Å². The molecule has 0 atom stereocenters. The number of nitrogens with zero attached hydrogens (tertiary/aromatic N) is 2. The second-order valence-electron chi connectivity index (χ2n) is 5.80. The Labute approximate surface area is 149 Å². The summed E-state index contributed by atoms with van der Waals surface area (Å²) in [4.78, 5) is 4.22. The van der Waals surface area contributed by atoms with Gasteiger partial charge in [-0.1, -0.05) is 24.2 Å². The summed E-state index contributed by atoms with van der Waals surface area (Å²) in [5, 5.41) is 10.5. The number of methoxy groups -OCH3 is 1. The van der Waals surface area contributed by atoms with Crippen LogP contribution in [0.15, 0.2) is 39.8 Å². The predicted molar refractivity (Wildman–Crippen MR) is 100 cm³/mol. The third-order valence-corrected chi connectivity index (χ3v) is 3.97. The lowest BCUT2D eigenvalue weighted by atomic mass is 10.1. The fraction of sp³-hybridized carbons (Fsp3) is 0.474. The topological polar surface area (TPSA) is 71.7 Å². The normalized spacial score (nSPS) is 11.4. The molecule has 2 rings (SSSR count). The molecule has 0 saturated carbocycles. The quantitative estimate of drug-likeness (QED) is 0.416. The van der Waals surface area contributed by atoms with Crippen molar-refractivity contribution in [3.63, 3.8) is 0 Å². The minimum absolute atomic E-state index is 0.582. The molecule has 2 aromatic rings. The van der Waals surface area contributed by atoms with E-state index >= 15 is 0 Å². The van der Waals surface area contributed by atoms with Gasteiger partial charge in [-0.2, -0.15) is 0 Å². The van der Waals surface area contributed by atoms with Crippen LogP contribution in [0.1, 0.15) is 36.8 Å². The van der Waals surface area contributed by atoms with Gasteiger partial charge in [0.1, 0.15) is 5.75 Å². The molecule has 0 radical (unpaired) electrons. The molecular formula is C19H28N4O2. The van der Waals surface area contributed by atoms with Crippen LogP contribution >= 0.6 is 0 Å². The molecule has 136 valence electrons. The van der Waals surface area contributed by atoms with E-state index in [2.05, 4.69) is 39.8 Å². The van der Waals surface area contributed by atoms with Crippen LogP contribution in [0.5, 0.6) is 5.75 Å². The second-order valence-corrected chi connectivity index (χ2v) is 5.80. The number of benzene rings is 1. The summed E-state index contributed by atoms with van der Waals surface area (Å²) in [6.07, 6.45) is 4.15. The lowest BCUT2D eigenvalue weighted by molar-refractivity contribution is 0.374. The van der Waals surface area contributed by atoms with Crippen LogP contribution in [0, 0.1) is 0 Å². The summed E-state index contributed by atoms with van der Waals surface area (Å²) in [5.74, 6) is 2.50. The number of hydrogen-bond acceptors (Lipinski definition) is 4. The highest BCUT2D eigenvalue weighted by molar-refractivity contribution is 5.79. The highest BCUT2D eigenvalue weighted by Gasteiger charge is 2.04. The van der Waals surface area contributed by atoms with Gasteiger partial charge in [0.2, 0.25) is 0 Å². The number of aryl methyl sites for hydroxylation is 2. The summed E-state index contributed by atoms with van der Waals surface area (Å²) < 4.78 is 10.4. The van der Waals surface area contributed by atoms with Gasteiger partial charge in [-0.3, -0.25) is 4.99 Å². The largest absolute Gasteiger partial charge is 0.497 e. The number of nitrogens with one attached hydrogen (secondary N) is 2. The van der Waals surface area contributed by atoms with Gasteiger partial charge in [-0.05, 0) is 43.4 Å². The first-order chi connectivity index (χ1) is 12.2. The molecular weight excluding hydrogens is 316 g/mol. The van der Waals surface area contributed by atoms with E-state index < -0.39 is 0 Å². The minimum atomic E-state index is 0.582. The summed E-state index contributed by atoms with van der Waals surface area (Å²) in [7, 11) is 3.46. The Morgan fingerprint density at radius 1 is 1.20 bits per heavy atom. The van der Waals surface area contributed by atoms with E-state index in [1.807, 2.05) is 18.2 Å². The summed E-state index contributed by atoms with van der Waals surface area (Å²) in [6.45, 7) is 3.52. The van der Waals surface area contributed by atoms with Gasteiger partial charge in [0.15, 0.2) is 11.7 Å². The van der Waals surface area contributed by atoms with E-state index in [4.69, 9.17) is 9.26 Å². The molecule has 0 saturated heterocycles. The Balaban J connectivity index is 1.61. The van der Waals surface area contributed by atoms with Crippen molar-refractivity contribution in [1.82, 2.24) is 15.8 Å². The van der Waals surface area contributed by atoms with E-state index in [9.17, 15) is 0 Å². The van der Waals surface area contributed by atoms with Crippen LogP contribution in [0.3, 0.4) is 0 Å². The van der Waals surface area contributed by atoms with Crippen LogP contribution in [-0.2, 0) is 19.4 Å². The van der Waals surface area contributed by atoms with E-state index in [0.717, 1.165) is 55.4 Å². The first kappa shape index (κ1) is 18.8. The van der Waals surface area contributed by atoms with E-state index in [-0.39, 0.29) is 0 Å². The van der Waals surface area contributed by atoms with Crippen LogP contribution in [0.2, 0.25) is 0 Å².